The Morgan fingerprint density at radius 3 is 2.60 bits per heavy atom. The van der Waals surface area contributed by atoms with Crippen molar-refractivity contribution in [1.82, 2.24) is 10.1 Å². The topological polar surface area (TPSA) is 66.6 Å². The maximum absolute atomic E-state index is 12.6. The van der Waals surface area contributed by atoms with Gasteiger partial charge in [-0.05, 0) is 48.6 Å². The van der Waals surface area contributed by atoms with E-state index >= 15 is 0 Å². The van der Waals surface area contributed by atoms with Gasteiger partial charge >= 0.3 is 0 Å². The molecule has 1 aliphatic rings. The van der Waals surface area contributed by atoms with E-state index in [1.165, 1.54) is 5.56 Å². The third-order valence-electron chi connectivity index (χ3n) is 4.98. The minimum atomic E-state index is 0.100. The summed E-state index contributed by atoms with van der Waals surface area (Å²) in [6, 6.07) is 15.0. The maximum atomic E-state index is 12.6. The molecular formula is C20H20N2O3. The number of piperidine rings is 1. The van der Waals surface area contributed by atoms with Gasteiger partial charge in [0.1, 0.15) is 11.4 Å². The number of carbonyl (C=O) groups excluding carboxylic acids is 1. The fourth-order valence-electron chi connectivity index (χ4n) is 3.53. The van der Waals surface area contributed by atoms with Gasteiger partial charge in [-0.1, -0.05) is 29.4 Å². The number of fused-ring (bicyclic) bond motifs is 1. The lowest BCUT2D eigenvalue weighted by Gasteiger charge is -2.32. The van der Waals surface area contributed by atoms with Crippen molar-refractivity contribution in [1.29, 1.82) is 0 Å². The molecule has 128 valence electrons. The number of aromatic nitrogens is 1. The number of rotatable bonds is 3. The standard InChI is InChI=1S/C20H20N2O3/c23-16-7-5-14(6-8-16)15-9-11-22(12-10-15)20(24)13-18-17-3-1-2-4-19(17)25-21-18/h1-8,15,23H,9-13H2. The van der Waals surface area contributed by atoms with Crippen LogP contribution in [0, 0.1) is 0 Å². The van der Waals surface area contributed by atoms with Crippen LogP contribution in [0.3, 0.4) is 0 Å². The van der Waals surface area contributed by atoms with E-state index in [1.807, 2.05) is 41.3 Å². The molecule has 5 nitrogen and oxygen atoms in total. The molecular weight excluding hydrogens is 316 g/mol. The number of hydrogen-bond acceptors (Lipinski definition) is 4. The van der Waals surface area contributed by atoms with Crippen molar-refractivity contribution in [3.05, 3.63) is 59.8 Å². The van der Waals surface area contributed by atoms with Crippen LogP contribution in [-0.4, -0.2) is 34.2 Å². The van der Waals surface area contributed by atoms with Crippen LogP contribution in [0.5, 0.6) is 5.75 Å². The summed E-state index contributed by atoms with van der Waals surface area (Å²) in [4.78, 5) is 14.5. The largest absolute Gasteiger partial charge is 0.508 e. The van der Waals surface area contributed by atoms with Crippen molar-refractivity contribution in [2.24, 2.45) is 0 Å². The quantitative estimate of drug-likeness (QED) is 0.795. The molecule has 25 heavy (non-hydrogen) atoms. The molecule has 0 bridgehead atoms. The first-order valence-electron chi connectivity index (χ1n) is 8.61. The lowest BCUT2D eigenvalue weighted by atomic mass is 9.89. The van der Waals surface area contributed by atoms with E-state index in [9.17, 15) is 9.90 Å². The molecule has 0 spiro atoms. The molecule has 2 aromatic carbocycles. The zero-order valence-corrected chi connectivity index (χ0v) is 13.9. The Bertz CT molecular complexity index is 877. The van der Waals surface area contributed by atoms with E-state index < -0.39 is 0 Å². The summed E-state index contributed by atoms with van der Waals surface area (Å²) in [6.45, 7) is 1.50. The second-order valence-corrected chi connectivity index (χ2v) is 6.55. The van der Waals surface area contributed by atoms with E-state index in [1.54, 1.807) is 12.1 Å². The summed E-state index contributed by atoms with van der Waals surface area (Å²) in [5.74, 6) is 0.831. The number of likely N-dealkylation sites (tertiary alicyclic amines) is 1. The third-order valence-corrected chi connectivity index (χ3v) is 4.98. The number of phenols is 1. The first-order valence-corrected chi connectivity index (χ1v) is 8.61. The van der Waals surface area contributed by atoms with E-state index in [4.69, 9.17) is 4.52 Å². The van der Waals surface area contributed by atoms with Crippen LogP contribution in [-0.2, 0) is 11.2 Å². The number of aromatic hydroxyl groups is 1. The van der Waals surface area contributed by atoms with Crippen LogP contribution in [0.2, 0.25) is 0 Å². The molecule has 3 aromatic rings. The second kappa shape index (κ2) is 6.59. The Hall–Kier alpha value is -2.82. The van der Waals surface area contributed by atoms with Crippen LogP contribution in [0.25, 0.3) is 11.0 Å². The predicted molar refractivity (Wildman–Crippen MR) is 94.4 cm³/mol. The van der Waals surface area contributed by atoms with Gasteiger partial charge in [0.2, 0.25) is 5.91 Å². The van der Waals surface area contributed by atoms with Gasteiger partial charge in [0, 0.05) is 18.5 Å². The zero-order valence-electron chi connectivity index (χ0n) is 13.9. The van der Waals surface area contributed by atoms with Crippen molar-refractivity contribution in [3.63, 3.8) is 0 Å². The van der Waals surface area contributed by atoms with Crippen molar-refractivity contribution in [3.8, 4) is 5.75 Å². The highest BCUT2D eigenvalue weighted by molar-refractivity contribution is 5.86. The molecule has 1 N–H and O–H groups in total. The predicted octanol–water partition coefficient (Wildman–Crippen LogP) is 3.48. The molecule has 0 unspecified atom stereocenters. The highest BCUT2D eigenvalue weighted by atomic mass is 16.5. The Labute approximate surface area is 145 Å². The second-order valence-electron chi connectivity index (χ2n) is 6.55. The number of para-hydroxylation sites is 1. The van der Waals surface area contributed by atoms with Crippen molar-refractivity contribution in [2.75, 3.05) is 13.1 Å². The maximum Gasteiger partial charge on any atom is 0.228 e. The molecule has 0 radical (unpaired) electrons. The monoisotopic (exact) mass is 336 g/mol. The van der Waals surface area contributed by atoms with Crippen molar-refractivity contribution >= 4 is 16.9 Å². The van der Waals surface area contributed by atoms with Gasteiger partial charge < -0.3 is 14.5 Å². The lowest BCUT2D eigenvalue weighted by molar-refractivity contribution is -0.131. The Balaban J connectivity index is 1.39. The highest BCUT2D eigenvalue weighted by Gasteiger charge is 2.25. The number of nitrogens with zero attached hydrogens (tertiary/aromatic N) is 2. The molecule has 1 aliphatic heterocycles. The average molecular weight is 336 g/mol. The van der Waals surface area contributed by atoms with Gasteiger partial charge in [-0.25, -0.2) is 0 Å². The minimum absolute atomic E-state index is 0.100. The number of carbonyl (C=O) groups is 1. The normalized spacial score (nSPS) is 15.6. The molecule has 0 saturated carbocycles. The van der Waals surface area contributed by atoms with Gasteiger partial charge in [0.25, 0.3) is 0 Å². The summed E-state index contributed by atoms with van der Waals surface area (Å²) >= 11 is 0. The molecule has 0 aliphatic carbocycles. The molecule has 1 aromatic heterocycles. The summed E-state index contributed by atoms with van der Waals surface area (Å²) in [7, 11) is 0. The number of phenolic OH excluding ortho intramolecular Hbond substituents is 1. The van der Waals surface area contributed by atoms with Gasteiger partial charge in [-0.3, -0.25) is 4.79 Å². The summed E-state index contributed by atoms with van der Waals surface area (Å²) in [5, 5.41) is 14.4. The highest BCUT2D eigenvalue weighted by Crippen LogP contribution is 2.29. The van der Waals surface area contributed by atoms with Gasteiger partial charge in [-0.2, -0.15) is 0 Å². The third kappa shape index (κ3) is 3.22. The first-order chi connectivity index (χ1) is 12.2. The van der Waals surface area contributed by atoms with E-state index in [-0.39, 0.29) is 18.1 Å². The van der Waals surface area contributed by atoms with Crippen LogP contribution >= 0.6 is 0 Å². The van der Waals surface area contributed by atoms with Crippen LogP contribution in [0.4, 0.5) is 0 Å². The summed E-state index contributed by atoms with van der Waals surface area (Å²) in [5.41, 5.74) is 2.66. The fraction of sp³-hybridized carbons (Fsp3) is 0.300. The number of hydrogen-bond donors (Lipinski definition) is 1. The van der Waals surface area contributed by atoms with Crippen LogP contribution in [0.15, 0.2) is 53.1 Å². The summed E-state index contributed by atoms with van der Waals surface area (Å²) < 4.78 is 5.28. The number of amides is 1. The lowest BCUT2D eigenvalue weighted by Crippen LogP contribution is -2.38. The van der Waals surface area contributed by atoms with Crippen LogP contribution < -0.4 is 0 Å². The van der Waals surface area contributed by atoms with Crippen LogP contribution in [0.1, 0.15) is 30.0 Å². The van der Waals surface area contributed by atoms with Gasteiger partial charge in [-0.15, -0.1) is 0 Å². The average Bonchev–Trinajstić information content (AvgIpc) is 3.06. The Morgan fingerprint density at radius 2 is 1.84 bits per heavy atom. The van der Waals surface area contributed by atoms with E-state index in [2.05, 4.69) is 5.16 Å². The Morgan fingerprint density at radius 1 is 1.12 bits per heavy atom. The molecule has 1 saturated heterocycles. The van der Waals surface area contributed by atoms with Gasteiger partial charge in [0.05, 0.1) is 6.42 Å². The van der Waals surface area contributed by atoms with Gasteiger partial charge in [0.15, 0.2) is 5.58 Å². The van der Waals surface area contributed by atoms with Crippen molar-refractivity contribution in [2.45, 2.75) is 25.2 Å². The zero-order chi connectivity index (χ0) is 17.2. The molecule has 1 amide bonds. The van der Waals surface area contributed by atoms with E-state index in [0.717, 1.165) is 36.9 Å². The molecule has 2 heterocycles. The van der Waals surface area contributed by atoms with Crippen molar-refractivity contribution < 1.29 is 14.4 Å². The fourth-order valence-corrected chi connectivity index (χ4v) is 3.53. The smallest absolute Gasteiger partial charge is 0.228 e. The molecule has 1 fully saturated rings. The summed E-state index contributed by atoms with van der Waals surface area (Å²) in [6.07, 6.45) is 2.16. The van der Waals surface area contributed by atoms with E-state index in [0.29, 0.717) is 11.6 Å². The molecule has 5 heteroatoms. The minimum Gasteiger partial charge on any atom is -0.508 e. The molecule has 4 rings (SSSR count). The first kappa shape index (κ1) is 15.7. The Kier molecular flexibility index (Phi) is 4.14. The molecule has 0 atom stereocenters. The number of benzene rings is 2. The SMILES string of the molecule is O=C(Cc1noc2ccccc12)N1CCC(c2ccc(O)cc2)CC1.